The molecule has 158 valence electrons. The highest BCUT2D eigenvalue weighted by Gasteiger charge is 2.17. The molecule has 0 saturated carbocycles. The van der Waals surface area contributed by atoms with Gasteiger partial charge in [-0.1, -0.05) is 24.9 Å². The molecule has 2 heterocycles. The van der Waals surface area contributed by atoms with E-state index in [9.17, 15) is 4.79 Å². The lowest BCUT2D eigenvalue weighted by molar-refractivity contribution is 0.745. The number of benzene rings is 1. The number of hydrogen-bond acceptors (Lipinski definition) is 6. The molecular formula is C21H26ClN7O. The molecule has 0 aliphatic rings. The molecule has 0 spiro atoms. The van der Waals surface area contributed by atoms with Crippen LogP contribution in [0.1, 0.15) is 36.7 Å². The number of hydrogen-bond donors (Lipinski definition) is 1. The van der Waals surface area contributed by atoms with Crippen molar-refractivity contribution in [1.82, 2.24) is 19.7 Å². The Morgan fingerprint density at radius 2 is 1.83 bits per heavy atom. The Bertz CT molecular complexity index is 1090. The van der Waals surface area contributed by atoms with Crippen molar-refractivity contribution in [3.05, 3.63) is 56.7 Å². The number of H-pyrrole nitrogens is 1. The van der Waals surface area contributed by atoms with Gasteiger partial charge in [-0.05, 0) is 51.0 Å². The van der Waals surface area contributed by atoms with Crippen LogP contribution in [0.5, 0.6) is 0 Å². The lowest BCUT2D eigenvalue weighted by Crippen LogP contribution is -2.18. The smallest absolute Gasteiger partial charge is 0.301 e. The molecule has 0 fully saturated rings. The second-order valence-electron chi connectivity index (χ2n) is 7.32. The number of aromatic amines is 1. The highest BCUT2D eigenvalue weighted by molar-refractivity contribution is 6.30. The van der Waals surface area contributed by atoms with Gasteiger partial charge in [-0.2, -0.15) is 14.8 Å². The first-order valence-electron chi connectivity index (χ1n) is 9.86. The summed E-state index contributed by atoms with van der Waals surface area (Å²) < 4.78 is 1.25. The third-order valence-electron chi connectivity index (χ3n) is 4.80. The number of aromatic nitrogens is 4. The van der Waals surface area contributed by atoms with Crippen LogP contribution in [0.15, 0.2) is 39.3 Å². The summed E-state index contributed by atoms with van der Waals surface area (Å²) in [6.07, 6.45) is 2.87. The number of nitrogens with one attached hydrogen (secondary N) is 1. The average molecular weight is 428 g/mol. The van der Waals surface area contributed by atoms with Crippen LogP contribution in [0.3, 0.4) is 0 Å². The van der Waals surface area contributed by atoms with E-state index in [1.165, 1.54) is 4.68 Å². The van der Waals surface area contributed by atoms with Crippen LogP contribution >= 0.6 is 11.6 Å². The Morgan fingerprint density at radius 1 is 1.13 bits per heavy atom. The normalized spacial score (nSPS) is 11.4. The Hall–Kier alpha value is -3.00. The van der Waals surface area contributed by atoms with Crippen LogP contribution < -0.4 is 10.5 Å². The summed E-state index contributed by atoms with van der Waals surface area (Å²) in [5.41, 5.74) is 3.79. The van der Waals surface area contributed by atoms with Crippen molar-refractivity contribution < 1.29 is 0 Å². The van der Waals surface area contributed by atoms with E-state index in [2.05, 4.69) is 32.2 Å². The minimum atomic E-state index is -0.377. The predicted molar refractivity (Wildman–Crippen MR) is 120 cm³/mol. The Morgan fingerprint density at radius 3 is 2.43 bits per heavy atom. The molecule has 1 aromatic carbocycles. The Kier molecular flexibility index (Phi) is 6.66. The fourth-order valence-electron chi connectivity index (χ4n) is 3.01. The summed E-state index contributed by atoms with van der Waals surface area (Å²) in [7, 11) is 3.93. The first kappa shape index (κ1) is 21.7. The van der Waals surface area contributed by atoms with Crippen LogP contribution in [0.25, 0.3) is 5.95 Å². The maximum absolute atomic E-state index is 12.9. The number of rotatable bonds is 7. The average Bonchev–Trinajstić information content (AvgIpc) is 2.99. The first-order chi connectivity index (χ1) is 14.3. The van der Waals surface area contributed by atoms with E-state index < -0.39 is 0 Å². The zero-order chi connectivity index (χ0) is 21.8. The van der Waals surface area contributed by atoms with Gasteiger partial charge in [0, 0.05) is 31.0 Å². The number of unbranched alkanes of at least 4 members (excludes halogenated alkanes) is 1. The number of nitrogens with zero attached hydrogens (tertiary/aromatic N) is 6. The maximum Gasteiger partial charge on any atom is 0.301 e. The van der Waals surface area contributed by atoms with Gasteiger partial charge in [0.05, 0.1) is 11.4 Å². The molecule has 2 aromatic heterocycles. The standard InChI is InChI=1S/C21H26ClN7O/c1-6-7-8-17-13(2)23-21(24-19(17)22)29-20(30)18(14(3)27-29)26-25-15-9-11-16(12-10-15)28(4)5/h9-12,27H,6-8H2,1-5H3. The summed E-state index contributed by atoms with van der Waals surface area (Å²) in [6, 6.07) is 7.58. The van der Waals surface area contributed by atoms with Gasteiger partial charge in [-0.15, -0.1) is 5.11 Å². The van der Waals surface area contributed by atoms with E-state index in [1.807, 2.05) is 50.2 Å². The van der Waals surface area contributed by atoms with E-state index in [0.717, 1.165) is 36.2 Å². The molecule has 0 saturated heterocycles. The second-order valence-corrected chi connectivity index (χ2v) is 7.68. The lowest BCUT2D eigenvalue weighted by Gasteiger charge is -2.11. The van der Waals surface area contributed by atoms with Crippen molar-refractivity contribution in [2.75, 3.05) is 19.0 Å². The van der Waals surface area contributed by atoms with Crippen molar-refractivity contribution in [1.29, 1.82) is 0 Å². The van der Waals surface area contributed by atoms with Crippen molar-refractivity contribution in [3.8, 4) is 5.95 Å². The molecule has 1 N–H and O–H groups in total. The molecule has 30 heavy (non-hydrogen) atoms. The van der Waals surface area contributed by atoms with Gasteiger partial charge in [-0.25, -0.2) is 4.98 Å². The highest BCUT2D eigenvalue weighted by Crippen LogP contribution is 2.23. The molecule has 0 unspecified atom stereocenters. The minimum Gasteiger partial charge on any atom is -0.378 e. The van der Waals surface area contributed by atoms with Crippen LogP contribution in [-0.4, -0.2) is 33.8 Å². The van der Waals surface area contributed by atoms with E-state index in [4.69, 9.17) is 11.6 Å². The quantitative estimate of drug-likeness (QED) is 0.421. The van der Waals surface area contributed by atoms with E-state index >= 15 is 0 Å². The predicted octanol–water partition coefficient (Wildman–Crippen LogP) is 5.05. The van der Waals surface area contributed by atoms with Gasteiger partial charge >= 0.3 is 5.56 Å². The fraction of sp³-hybridized carbons (Fsp3) is 0.381. The van der Waals surface area contributed by atoms with Gasteiger partial charge < -0.3 is 4.90 Å². The largest absolute Gasteiger partial charge is 0.378 e. The van der Waals surface area contributed by atoms with Gasteiger partial charge in [0.25, 0.3) is 5.95 Å². The summed E-state index contributed by atoms with van der Waals surface area (Å²) in [4.78, 5) is 23.7. The van der Waals surface area contributed by atoms with Crippen LogP contribution in [0.4, 0.5) is 17.1 Å². The third-order valence-corrected chi connectivity index (χ3v) is 5.12. The third kappa shape index (κ3) is 4.59. The van der Waals surface area contributed by atoms with Gasteiger partial charge in [0.1, 0.15) is 5.15 Å². The minimum absolute atomic E-state index is 0.197. The summed E-state index contributed by atoms with van der Waals surface area (Å²) in [6.45, 7) is 5.75. The van der Waals surface area contributed by atoms with Crippen LogP contribution in [-0.2, 0) is 6.42 Å². The zero-order valence-corrected chi connectivity index (χ0v) is 18.7. The summed E-state index contributed by atoms with van der Waals surface area (Å²) >= 11 is 6.37. The van der Waals surface area contributed by atoms with Crippen LogP contribution in [0.2, 0.25) is 5.15 Å². The molecule has 0 aliphatic carbocycles. The number of azo groups is 1. The molecule has 0 atom stereocenters. The SMILES string of the molecule is CCCCc1c(C)nc(-n2[nH]c(C)c(N=Nc3ccc(N(C)C)cc3)c2=O)nc1Cl. The maximum atomic E-state index is 12.9. The Labute approximate surface area is 180 Å². The molecule has 0 radical (unpaired) electrons. The molecule has 3 aromatic rings. The van der Waals surface area contributed by atoms with Gasteiger partial charge in [0.15, 0.2) is 5.69 Å². The number of halogens is 1. The number of anilines is 1. The fourth-order valence-corrected chi connectivity index (χ4v) is 3.31. The summed E-state index contributed by atoms with van der Waals surface area (Å²) in [5, 5.41) is 11.7. The summed E-state index contributed by atoms with van der Waals surface area (Å²) in [5.74, 6) is 0.197. The van der Waals surface area contributed by atoms with Crippen molar-refractivity contribution in [2.24, 2.45) is 10.2 Å². The Balaban J connectivity index is 1.91. The van der Waals surface area contributed by atoms with E-state index in [1.54, 1.807) is 6.92 Å². The van der Waals surface area contributed by atoms with Crippen molar-refractivity contribution >= 4 is 28.7 Å². The number of aryl methyl sites for hydroxylation is 2. The van der Waals surface area contributed by atoms with E-state index in [0.29, 0.717) is 16.5 Å². The molecule has 8 nitrogen and oxygen atoms in total. The lowest BCUT2D eigenvalue weighted by atomic mass is 10.1. The first-order valence-corrected chi connectivity index (χ1v) is 10.2. The van der Waals surface area contributed by atoms with Crippen LogP contribution in [0, 0.1) is 13.8 Å². The molecule has 0 amide bonds. The van der Waals surface area contributed by atoms with E-state index in [-0.39, 0.29) is 17.2 Å². The molecule has 0 aliphatic heterocycles. The zero-order valence-electron chi connectivity index (χ0n) is 17.9. The second kappa shape index (κ2) is 9.21. The van der Waals surface area contributed by atoms with Gasteiger partial charge in [0.2, 0.25) is 0 Å². The van der Waals surface area contributed by atoms with Crippen molar-refractivity contribution in [2.45, 2.75) is 40.0 Å². The molecular weight excluding hydrogens is 402 g/mol. The van der Waals surface area contributed by atoms with Crippen molar-refractivity contribution in [3.63, 3.8) is 0 Å². The molecule has 9 heteroatoms. The monoisotopic (exact) mass is 427 g/mol. The molecule has 3 rings (SSSR count). The molecule has 0 bridgehead atoms. The highest BCUT2D eigenvalue weighted by atomic mass is 35.5. The topological polar surface area (TPSA) is 91.5 Å². The van der Waals surface area contributed by atoms with Gasteiger partial charge in [-0.3, -0.25) is 9.89 Å².